The molecule has 0 spiro atoms. The second-order valence-corrected chi connectivity index (χ2v) is 6.81. The average Bonchev–Trinajstić information content (AvgIpc) is 3.10. The molecule has 0 saturated carbocycles. The monoisotopic (exact) mass is 424 g/mol. The quantitative estimate of drug-likeness (QED) is 0.504. The predicted molar refractivity (Wildman–Crippen MR) is 110 cm³/mol. The molecule has 9 heteroatoms. The molecule has 0 bridgehead atoms. The van der Waals surface area contributed by atoms with E-state index in [9.17, 15) is 14.0 Å². The molecule has 0 aliphatic heterocycles. The highest BCUT2D eigenvalue weighted by molar-refractivity contribution is 6.33. The number of benzene rings is 2. The van der Waals surface area contributed by atoms with Gasteiger partial charge in [-0.05, 0) is 37.3 Å². The topological polar surface area (TPSA) is 101 Å². The molecule has 150 valence electrons. The summed E-state index contributed by atoms with van der Waals surface area (Å²) in [6.07, 6.45) is 0. The Hall–Kier alpha value is -3.78. The molecule has 2 aromatic heterocycles. The summed E-state index contributed by atoms with van der Waals surface area (Å²) in [5, 5.41) is 13.0. The Kier molecular flexibility index (Phi) is 5.16. The first-order chi connectivity index (χ1) is 14.4. The molecule has 0 unspecified atom stereocenters. The van der Waals surface area contributed by atoms with E-state index in [4.69, 9.17) is 16.1 Å². The summed E-state index contributed by atoms with van der Waals surface area (Å²) in [5.74, 6) is -0.925. The summed E-state index contributed by atoms with van der Waals surface area (Å²) >= 11 is 6.12. The second-order valence-electron chi connectivity index (χ2n) is 6.40. The fraction of sp³-hybridized carbons (Fsp3) is 0.0476. The van der Waals surface area contributed by atoms with Gasteiger partial charge in [0.25, 0.3) is 11.5 Å². The molecule has 2 aromatic carbocycles. The number of rotatable bonds is 4. The van der Waals surface area contributed by atoms with Gasteiger partial charge in [-0.3, -0.25) is 9.59 Å². The normalized spacial score (nSPS) is 10.8. The second kappa shape index (κ2) is 7.92. The highest BCUT2D eigenvalue weighted by Crippen LogP contribution is 2.34. The van der Waals surface area contributed by atoms with Crippen LogP contribution in [0.3, 0.4) is 0 Å². The highest BCUT2D eigenvalue weighted by atomic mass is 35.5. The van der Waals surface area contributed by atoms with Gasteiger partial charge in [0.05, 0.1) is 16.3 Å². The van der Waals surface area contributed by atoms with E-state index in [0.29, 0.717) is 16.9 Å². The van der Waals surface area contributed by atoms with E-state index >= 15 is 0 Å². The van der Waals surface area contributed by atoms with Crippen molar-refractivity contribution in [1.29, 1.82) is 0 Å². The van der Waals surface area contributed by atoms with E-state index in [-0.39, 0.29) is 33.2 Å². The third-order valence-electron chi connectivity index (χ3n) is 4.38. The van der Waals surface area contributed by atoms with Crippen LogP contribution in [0.15, 0.2) is 63.9 Å². The summed E-state index contributed by atoms with van der Waals surface area (Å²) in [7, 11) is 0. The Morgan fingerprint density at radius 3 is 2.70 bits per heavy atom. The first kappa shape index (κ1) is 19.5. The average molecular weight is 425 g/mol. The molecule has 0 aliphatic carbocycles. The summed E-state index contributed by atoms with van der Waals surface area (Å²) < 4.78 is 19.5. The van der Waals surface area contributed by atoms with E-state index in [1.54, 1.807) is 37.3 Å². The molecule has 0 saturated heterocycles. The minimum atomic E-state index is -0.615. The van der Waals surface area contributed by atoms with Gasteiger partial charge in [-0.2, -0.15) is 5.10 Å². The number of H-pyrrole nitrogens is 1. The minimum absolute atomic E-state index is 0.00708. The lowest BCUT2D eigenvalue weighted by atomic mass is 10.0. The van der Waals surface area contributed by atoms with Gasteiger partial charge in [-0.15, -0.1) is 0 Å². The fourth-order valence-corrected chi connectivity index (χ4v) is 3.24. The zero-order valence-electron chi connectivity index (χ0n) is 15.6. The smallest absolute Gasteiger partial charge is 0.264 e. The van der Waals surface area contributed by atoms with Gasteiger partial charge >= 0.3 is 0 Å². The SMILES string of the molecule is Cc1onc(-c2c(F)cccc2Cl)c1C(=O)Nc1cccc(-c2ccc(=O)[nH]n2)c1. The Balaban J connectivity index is 1.68. The molecular weight excluding hydrogens is 411 g/mol. The summed E-state index contributed by atoms with van der Waals surface area (Å²) in [6.45, 7) is 1.56. The lowest BCUT2D eigenvalue weighted by Gasteiger charge is -2.09. The Morgan fingerprint density at radius 2 is 1.97 bits per heavy atom. The number of aryl methyl sites for hydroxylation is 1. The molecule has 7 nitrogen and oxygen atoms in total. The van der Waals surface area contributed by atoms with Crippen molar-refractivity contribution >= 4 is 23.2 Å². The number of hydrogen-bond acceptors (Lipinski definition) is 5. The number of carbonyl (C=O) groups excluding carboxylic acids is 1. The Labute approximate surface area is 174 Å². The maximum atomic E-state index is 14.4. The van der Waals surface area contributed by atoms with Crippen molar-refractivity contribution in [3.8, 4) is 22.5 Å². The molecule has 0 aliphatic rings. The van der Waals surface area contributed by atoms with Gasteiger partial charge in [0.2, 0.25) is 0 Å². The number of amides is 1. The summed E-state index contributed by atoms with van der Waals surface area (Å²) in [5.41, 5.74) is 1.46. The van der Waals surface area contributed by atoms with Crippen LogP contribution in [0.25, 0.3) is 22.5 Å². The maximum absolute atomic E-state index is 14.4. The molecule has 2 heterocycles. The standard InChI is InChI=1S/C21H14ClFN4O3/c1-11-18(20(27-30-11)19-14(22)6-3-7-15(19)23)21(29)24-13-5-2-4-12(10-13)16-8-9-17(28)26-25-16/h2-10H,1H3,(H,24,29)(H,26,28). The molecule has 4 aromatic rings. The molecule has 30 heavy (non-hydrogen) atoms. The van der Waals surface area contributed by atoms with E-state index < -0.39 is 11.7 Å². The molecular formula is C21H14ClFN4O3. The number of nitrogens with zero attached hydrogens (tertiary/aromatic N) is 2. The lowest BCUT2D eigenvalue weighted by Crippen LogP contribution is -2.14. The van der Waals surface area contributed by atoms with E-state index in [1.165, 1.54) is 24.3 Å². The third-order valence-corrected chi connectivity index (χ3v) is 4.70. The number of aromatic amines is 1. The predicted octanol–water partition coefficient (Wildman–Crippen LogP) is 4.45. The van der Waals surface area contributed by atoms with Crippen LogP contribution in [0, 0.1) is 12.7 Å². The van der Waals surface area contributed by atoms with Crippen molar-refractivity contribution in [2.75, 3.05) is 5.32 Å². The van der Waals surface area contributed by atoms with Gasteiger partial charge in [-0.1, -0.05) is 35.0 Å². The van der Waals surface area contributed by atoms with Crippen LogP contribution < -0.4 is 10.9 Å². The molecule has 1 amide bonds. The highest BCUT2D eigenvalue weighted by Gasteiger charge is 2.25. The van der Waals surface area contributed by atoms with Gasteiger partial charge in [-0.25, -0.2) is 9.49 Å². The molecule has 0 radical (unpaired) electrons. The van der Waals surface area contributed by atoms with Gasteiger partial charge in [0.15, 0.2) is 0 Å². The lowest BCUT2D eigenvalue weighted by molar-refractivity contribution is 0.102. The van der Waals surface area contributed by atoms with E-state index in [2.05, 4.69) is 20.7 Å². The van der Waals surface area contributed by atoms with E-state index in [1.807, 2.05) is 0 Å². The number of hydrogen-bond donors (Lipinski definition) is 2. The number of halogens is 2. The summed E-state index contributed by atoms with van der Waals surface area (Å²) in [6, 6.07) is 14.0. The van der Waals surface area contributed by atoms with Gasteiger partial charge in [0.1, 0.15) is 22.8 Å². The zero-order chi connectivity index (χ0) is 21.3. The van der Waals surface area contributed by atoms with Crippen molar-refractivity contribution in [2.45, 2.75) is 6.92 Å². The van der Waals surface area contributed by atoms with Crippen LogP contribution in [-0.2, 0) is 0 Å². The van der Waals surface area contributed by atoms with Crippen LogP contribution in [0.1, 0.15) is 16.1 Å². The fourth-order valence-electron chi connectivity index (χ4n) is 2.99. The molecule has 0 fully saturated rings. The Morgan fingerprint density at radius 1 is 1.17 bits per heavy atom. The van der Waals surface area contributed by atoms with Crippen LogP contribution in [0.2, 0.25) is 5.02 Å². The van der Waals surface area contributed by atoms with Gasteiger partial charge in [0, 0.05) is 17.3 Å². The van der Waals surface area contributed by atoms with Crippen molar-refractivity contribution in [2.24, 2.45) is 0 Å². The molecule has 0 atom stereocenters. The zero-order valence-corrected chi connectivity index (χ0v) is 16.3. The first-order valence-electron chi connectivity index (χ1n) is 8.82. The number of aromatic nitrogens is 3. The van der Waals surface area contributed by atoms with Gasteiger partial charge < -0.3 is 9.84 Å². The van der Waals surface area contributed by atoms with Crippen molar-refractivity contribution < 1.29 is 13.7 Å². The van der Waals surface area contributed by atoms with Crippen LogP contribution in [-0.4, -0.2) is 21.3 Å². The molecule has 4 rings (SSSR count). The third kappa shape index (κ3) is 3.72. The van der Waals surface area contributed by atoms with Crippen molar-refractivity contribution in [1.82, 2.24) is 15.4 Å². The Bertz CT molecular complexity index is 1280. The van der Waals surface area contributed by atoms with Crippen LogP contribution in [0.5, 0.6) is 0 Å². The first-order valence-corrected chi connectivity index (χ1v) is 9.20. The number of anilines is 1. The van der Waals surface area contributed by atoms with Crippen molar-refractivity contribution in [3.05, 3.63) is 87.1 Å². The van der Waals surface area contributed by atoms with Crippen LogP contribution in [0.4, 0.5) is 10.1 Å². The largest absolute Gasteiger partial charge is 0.360 e. The summed E-state index contributed by atoms with van der Waals surface area (Å²) in [4.78, 5) is 24.2. The molecule has 2 N–H and O–H groups in total. The van der Waals surface area contributed by atoms with E-state index in [0.717, 1.165) is 0 Å². The number of nitrogens with one attached hydrogen (secondary N) is 2. The number of carbonyl (C=O) groups is 1. The maximum Gasteiger partial charge on any atom is 0.264 e. The minimum Gasteiger partial charge on any atom is -0.360 e. The van der Waals surface area contributed by atoms with Crippen molar-refractivity contribution in [3.63, 3.8) is 0 Å². The van der Waals surface area contributed by atoms with Crippen LogP contribution >= 0.6 is 11.6 Å².